The second-order valence-corrected chi connectivity index (χ2v) is 13.2. The van der Waals surface area contributed by atoms with Gasteiger partial charge in [0.05, 0.1) is 25.0 Å². The van der Waals surface area contributed by atoms with E-state index in [1.54, 1.807) is 27.6 Å². The zero-order valence-corrected chi connectivity index (χ0v) is 32.9. The fourth-order valence-electron chi connectivity index (χ4n) is 5.85. The number of likely N-dealkylation sites (tertiary alicyclic amines) is 1. The number of carboxylic acids is 2. The number of aliphatic carboxylic acids is 2. The van der Waals surface area contributed by atoms with Gasteiger partial charge in [-0.15, -0.1) is 0 Å². The summed E-state index contributed by atoms with van der Waals surface area (Å²) in [6.07, 6.45) is -2.48. The molecule has 1 saturated heterocycles. The van der Waals surface area contributed by atoms with E-state index in [9.17, 15) is 44.7 Å². The van der Waals surface area contributed by atoms with E-state index in [1.807, 2.05) is 13.0 Å². The van der Waals surface area contributed by atoms with Gasteiger partial charge < -0.3 is 47.7 Å². The monoisotopic (exact) mass is 890 g/mol. The number of aryl methyl sites for hydroxylation is 1. The summed E-state index contributed by atoms with van der Waals surface area (Å²) in [7, 11) is 1.27. The third kappa shape index (κ3) is 13.6. The van der Waals surface area contributed by atoms with Crippen LogP contribution in [0.2, 0.25) is 0 Å². The Morgan fingerprint density at radius 2 is 1.65 bits per heavy atom. The maximum absolute atomic E-state index is 14.9. The summed E-state index contributed by atoms with van der Waals surface area (Å²) in [4.78, 5) is 58.6. The highest BCUT2D eigenvalue weighted by Gasteiger charge is 2.39. The van der Waals surface area contributed by atoms with Crippen LogP contribution in [0.5, 0.6) is 5.75 Å². The number of carbonyl (C=O) groups is 4. The number of fused-ring (bicyclic) bond motifs is 1. The second kappa shape index (κ2) is 21.6. The number of alkyl halides is 6. The average Bonchev–Trinajstić information content (AvgIpc) is 3.64. The number of rotatable bonds is 12. The van der Waals surface area contributed by atoms with Gasteiger partial charge in [-0.2, -0.15) is 30.7 Å². The number of amides is 2. The number of aliphatic imine (C=N–C) groups is 1. The summed E-state index contributed by atoms with van der Waals surface area (Å²) >= 11 is 0. The van der Waals surface area contributed by atoms with Crippen LogP contribution in [-0.4, -0.2) is 110 Å². The van der Waals surface area contributed by atoms with Crippen LogP contribution in [-0.2, 0) is 20.8 Å². The van der Waals surface area contributed by atoms with Crippen LogP contribution in [0.1, 0.15) is 48.5 Å². The van der Waals surface area contributed by atoms with Gasteiger partial charge in [0, 0.05) is 54.9 Å². The van der Waals surface area contributed by atoms with Gasteiger partial charge in [-0.25, -0.2) is 23.9 Å². The first-order chi connectivity index (χ1) is 29.0. The average molecular weight is 891 g/mol. The molecule has 0 bridgehead atoms. The van der Waals surface area contributed by atoms with Gasteiger partial charge >= 0.3 is 24.3 Å². The molecule has 3 heterocycles. The molecular formula is C37H42F8N10O7. The van der Waals surface area contributed by atoms with E-state index < -0.39 is 42.0 Å². The fraction of sp³-hybridized carbons (Fsp3) is 0.378. The number of aromatic nitrogens is 3. The zero-order chi connectivity index (χ0) is 46.5. The van der Waals surface area contributed by atoms with Gasteiger partial charge in [-0.3, -0.25) is 19.0 Å². The molecule has 1 aliphatic rings. The molecule has 1 aliphatic heterocycles. The SMILES string of the molecule is CCc1cc(Nc2nccn3c(-c4ccc(OC)c(F)c4F)cnc23)ccc1C(=O)N[C@@H]1CCCN(C(=O)[C@H](N)CCCN=C(N)N)C1.O=C(O)C(F)(F)F.O=C(O)C(F)(F)F. The number of guanidine groups is 1. The molecule has 2 atom stereocenters. The molecule has 2 aromatic heterocycles. The van der Waals surface area contributed by atoms with Crippen LogP contribution in [0, 0.1) is 11.6 Å². The number of nitrogens with zero attached hydrogens (tertiary/aromatic N) is 5. The highest BCUT2D eigenvalue weighted by atomic mass is 19.4. The van der Waals surface area contributed by atoms with Crippen LogP contribution >= 0.6 is 0 Å². The molecule has 338 valence electrons. The number of methoxy groups -OCH3 is 1. The summed E-state index contributed by atoms with van der Waals surface area (Å²) in [6.45, 7) is 3.31. The molecule has 25 heteroatoms. The van der Waals surface area contributed by atoms with Crippen LogP contribution in [0.3, 0.4) is 0 Å². The molecule has 0 aliphatic carbocycles. The fourth-order valence-corrected chi connectivity index (χ4v) is 5.85. The maximum Gasteiger partial charge on any atom is 0.490 e. The quantitative estimate of drug-likeness (QED) is 0.0452. The van der Waals surface area contributed by atoms with Crippen molar-refractivity contribution in [2.75, 3.05) is 32.1 Å². The van der Waals surface area contributed by atoms with E-state index in [4.69, 9.17) is 41.7 Å². The van der Waals surface area contributed by atoms with E-state index in [2.05, 4.69) is 25.6 Å². The van der Waals surface area contributed by atoms with Crippen molar-refractivity contribution in [2.45, 2.75) is 63.5 Å². The van der Waals surface area contributed by atoms with E-state index in [0.29, 0.717) is 67.3 Å². The first-order valence-electron chi connectivity index (χ1n) is 18.2. The molecule has 2 aromatic carbocycles. The predicted octanol–water partition coefficient (Wildman–Crippen LogP) is 4.36. The highest BCUT2D eigenvalue weighted by molar-refractivity contribution is 5.96. The number of benzene rings is 2. The molecule has 1 fully saturated rings. The number of piperidine rings is 1. The van der Waals surface area contributed by atoms with Gasteiger partial charge in [0.25, 0.3) is 5.91 Å². The Labute approximate surface area is 346 Å². The molecule has 17 nitrogen and oxygen atoms in total. The molecule has 0 radical (unpaired) electrons. The molecular weight excluding hydrogens is 848 g/mol. The van der Waals surface area contributed by atoms with Crippen LogP contribution in [0.25, 0.3) is 16.9 Å². The summed E-state index contributed by atoms with van der Waals surface area (Å²) in [6, 6.07) is 7.27. The van der Waals surface area contributed by atoms with Crippen LogP contribution in [0.4, 0.5) is 46.6 Å². The zero-order valence-electron chi connectivity index (χ0n) is 32.9. The van der Waals surface area contributed by atoms with Crippen molar-refractivity contribution >= 4 is 46.9 Å². The molecule has 62 heavy (non-hydrogen) atoms. The van der Waals surface area contributed by atoms with Crippen molar-refractivity contribution in [2.24, 2.45) is 22.2 Å². The molecule has 0 unspecified atom stereocenters. The molecule has 2 amide bonds. The van der Waals surface area contributed by atoms with Crippen molar-refractivity contribution in [3.05, 3.63) is 71.7 Å². The Kier molecular flexibility index (Phi) is 17.3. The Balaban J connectivity index is 0.000000629. The van der Waals surface area contributed by atoms with E-state index >= 15 is 0 Å². The summed E-state index contributed by atoms with van der Waals surface area (Å²) < 4.78 is 99.3. The van der Waals surface area contributed by atoms with E-state index in [1.165, 1.54) is 31.6 Å². The highest BCUT2D eigenvalue weighted by Crippen LogP contribution is 2.32. The lowest BCUT2D eigenvalue weighted by Crippen LogP contribution is -2.53. The maximum atomic E-state index is 14.9. The van der Waals surface area contributed by atoms with E-state index in [-0.39, 0.29) is 35.1 Å². The Hall–Kier alpha value is -6.79. The minimum atomic E-state index is -5.08. The number of anilines is 2. The number of nitrogens with two attached hydrogens (primary N) is 3. The van der Waals surface area contributed by atoms with Gasteiger partial charge in [0.1, 0.15) is 0 Å². The summed E-state index contributed by atoms with van der Waals surface area (Å²) in [5.74, 6) is -7.83. The molecule has 5 rings (SSSR count). The van der Waals surface area contributed by atoms with Crippen molar-refractivity contribution in [3.63, 3.8) is 0 Å². The van der Waals surface area contributed by atoms with Crippen LogP contribution in [0.15, 0.2) is 53.9 Å². The Bertz CT molecular complexity index is 2220. The molecule has 4 aromatic rings. The summed E-state index contributed by atoms with van der Waals surface area (Å²) in [5.41, 5.74) is 19.6. The van der Waals surface area contributed by atoms with Crippen LogP contribution < -0.4 is 32.6 Å². The van der Waals surface area contributed by atoms with Gasteiger partial charge in [0.15, 0.2) is 29.0 Å². The smallest absolute Gasteiger partial charge is 0.490 e. The lowest BCUT2D eigenvalue weighted by atomic mass is 10.0. The number of imidazole rings is 1. The lowest BCUT2D eigenvalue weighted by Gasteiger charge is -2.34. The molecule has 0 spiro atoms. The van der Waals surface area contributed by atoms with E-state index in [0.717, 1.165) is 18.4 Å². The standard InChI is InChI=1S/C33H40F2N10O3.2C2HF3O2/c1-3-19-16-20(42-29-30-41-17-25(45(30)15-13-39-29)23-10-11-26(48-2)28(35)27(23)34)8-9-22(19)31(46)43-21-6-5-14-44(18-21)32(47)24(36)7-4-12-40-33(37)38;2*3-2(4,5)1(6)7/h8-11,13,15-17,21,24H,3-7,12,14,18,36H2,1-2H3,(H,39,42)(H,43,46)(H4,37,38,40);2*(H,6,7)/t21-,24-;;/m1../s1. The summed E-state index contributed by atoms with van der Waals surface area (Å²) in [5, 5.41) is 20.6. The van der Waals surface area contributed by atoms with Crippen molar-refractivity contribution < 1.29 is 69.3 Å². The number of halogens is 8. The predicted molar refractivity (Wildman–Crippen MR) is 206 cm³/mol. The van der Waals surface area contributed by atoms with Crippen molar-refractivity contribution in [1.29, 1.82) is 0 Å². The third-order valence-corrected chi connectivity index (χ3v) is 8.80. The normalized spacial score (nSPS) is 14.3. The minimum Gasteiger partial charge on any atom is -0.494 e. The lowest BCUT2D eigenvalue weighted by molar-refractivity contribution is -0.193. The molecule has 0 saturated carbocycles. The Morgan fingerprint density at radius 1 is 1.00 bits per heavy atom. The topological polar surface area (TPSA) is 266 Å². The number of carbonyl (C=O) groups excluding carboxylic acids is 2. The first kappa shape index (κ1) is 49.6. The number of hydrogen-bond acceptors (Lipinski definition) is 10. The van der Waals surface area contributed by atoms with Gasteiger partial charge in [-0.1, -0.05) is 6.92 Å². The van der Waals surface area contributed by atoms with Gasteiger partial charge in [0.2, 0.25) is 11.7 Å². The number of ether oxygens (including phenoxy) is 1. The second-order valence-electron chi connectivity index (χ2n) is 13.2. The first-order valence-corrected chi connectivity index (χ1v) is 18.2. The molecule has 10 N–H and O–H groups in total. The van der Waals surface area contributed by atoms with Crippen molar-refractivity contribution in [3.8, 4) is 17.0 Å². The number of carboxylic acid groups (broad SMARTS) is 2. The van der Waals surface area contributed by atoms with Crippen molar-refractivity contribution in [1.82, 2.24) is 24.6 Å². The number of nitrogens with one attached hydrogen (secondary N) is 2. The largest absolute Gasteiger partial charge is 0.494 e. The van der Waals surface area contributed by atoms with Gasteiger partial charge in [-0.05, 0) is 68.0 Å². The number of hydrogen-bond donors (Lipinski definition) is 7. The third-order valence-electron chi connectivity index (χ3n) is 8.80. The Morgan fingerprint density at radius 3 is 2.23 bits per heavy atom. The minimum absolute atomic E-state index is 0.00359.